The normalized spacial score (nSPS) is 20.0. The predicted octanol–water partition coefficient (Wildman–Crippen LogP) is 2.30. The molecule has 2 aliphatic rings. The van der Waals surface area contributed by atoms with Crippen LogP contribution in [0.1, 0.15) is 24.0 Å². The third-order valence-corrected chi connectivity index (χ3v) is 6.62. The van der Waals surface area contributed by atoms with Crippen LogP contribution in [0, 0.1) is 5.92 Å². The van der Waals surface area contributed by atoms with Crippen molar-refractivity contribution in [2.45, 2.75) is 36.7 Å². The Morgan fingerprint density at radius 3 is 2.50 bits per heavy atom. The number of fused-ring (bicyclic) bond motifs is 1. The average molecular weight is 372 g/mol. The minimum Gasteiger partial charge on any atom is -0.396 e. The molecule has 0 radical (unpaired) electrons. The molecule has 1 aliphatic carbocycles. The van der Waals surface area contributed by atoms with Crippen LogP contribution in [0.3, 0.4) is 0 Å². The van der Waals surface area contributed by atoms with Crippen molar-refractivity contribution in [3.63, 3.8) is 0 Å². The molecule has 1 fully saturated rings. The number of hydrogen-bond donors (Lipinski definition) is 2. The number of nitrogens with zero attached hydrogens (tertiary/aromatic N) is 1. The molecular weight excluding hydrogens is 348 g/mol. The van der Waals surface area contributed by atoms with Gasteiger partial charge in [0.05, 0.1) is 4.90 Å². The number of para-hydroxylation sites is 1. The lowest BCUT2D eigenvalue weighted by Gasteiger charge is -2.35. The van der Waals surface area contributed by atoms with E-state index in [-0.39, 0.29) is 18.6 Å². The van der Waals surface area contributed by atoms with Crippen molar-refractivity contribution in [3.8, 4) is 0 Å². The summed E-state index contributed by atoms with van der Waals surface area (Å²) in [5.41, 5.74) is 3.51. The lowest BCUT2D eigenvalue weighted by molar-refractivity contribution is 0.223. The summed E-state index contributed by atoms with van der Waals surface area (Å²) in [5, 5.41) is 9.60. The standard InChI is InChI=1S/C20H24N2O3S/c23-14-16-11-17-3-1-2-4-20(17)22(13-16)12-15-5-9-19(10-6-15)26(24,25)21-18-7-8-18/h1-6,9-10,16,18,21,23H,7-8,11-14H2. The Labute approximate surface area is 154 Å². The van der Waals surface area contributed by atoms with E-state index < -0.39 is 10.0 Å². The molecule has 1 aliphatic heterocycles. The van der Waals surface area contributed by atoms with E-state index in [2.05, 4.69) is 21.8 Å². The minimum atomic E-state index is -3.40. The molecule has 0 aromatic heterocycles. The summed E-state index contributed by atoms with van der Waals surface area (Å²) in [5.74, 6) is 0.229. The molecule has 2 N–H and O–H groups in total. The van der Waals surface area contributed by atoms with E-state index in [1.165, 1.54) is 11.3 Å². The van der Waals surface area contributed by atoms with Gasteiger partial charge in [-0.25, -0.2) is 13.1 Å². The Kier molecular flexibility index (Phi) is 4.73. The van der Waals surface area contributed by atoms with Gasteiger partial charge < -0.3 is 10.0 Å². The second kappa shape index (κ2) is 7.02. The number of sulfonamides is 1. The molecule has 0 spiro atoms. The second-order valence-corrected chi connectivity index (χ2v) is 9.02. The van der Waals surface area contributed by atoms with Gasteiger partial charge in [0.25, 0.3) is 0 Å². The summed E-state index contributed by atoms with van der Waals surface area (Å²) < 4.78 is 27.3. The highest BCUT2D eigenvalue weighted by Gasteiger charge is 2.28. The van der Waals surface area contributed by atoms with E-state index >= 15 is 0 Å². The Balaban J connectivity index is 1.52. The van der Waals surface area contributed by atoms with Crippen LogP contribution >= 0.6 is 0 Å². The molecule has 2 aromatic carbocycles. The van der Waals surface area contributed by atoms with E-state index in [4.69, 9.17) is 0 Å². The average Bonchev–Trinajstić information content (AvgIpc) is 3.45. The molecule has 5 nitrogen and oxygen atoms in total. The van der Waals surface area contributed by atoms with Gasteiger partial charge in [-0.2, -0.15) is 0 Å². The van der Waals surface area contributed by atoms with Crippen LogP contribution in [0.15, 0.2) is 53.4 Å². The van der Waals surface area contributed by atoms with Crippen molar-refractivity contribution in [2.24, 2.45) is 5.92 Å². The molecule has 4 rings (SSSR count). The van der Waals surface area contributed by atoms with Crippen molar-refractivity contribution < 1.29 is 13.5 Å². The van der Waals surface area contributed by atoms with Crippen molar-refractivity contribution in [3.05, 3.63) is 59.7 Å². The molecule has 138 valence electrons. The molecule has 0 saturated heterocycles. The van der Waals surface area contributed by atoms with E-state index in [1.54, 1.807) is 12.1 Å². The number of anilines is 1. The maximum absolute atomic E-state index is 12.3. The molecule has 0 bridgehead atoms. The van der Waals surface area contributed by atoms with E-state index in [0.717, 1.165) is 31.4 Å². The topological polar surface area (TPSA) is 69.6 Å². The largest absolute Gasteiger partial charge is 0.396 e. The van der Waals surface area contributed by atoms with Gasteiger partial charge in [-0.05, 0) is 48.6 Å². The first-order valence-electron chi connectivity index (χ1n) is 9.10. The molecule has 26 heavy (non-hydrogen) atoms. The summed E-state index contributed by atoms with van der Waals surface area (Å²) in [4.78, 5) is 2.59. The van der Waals surface area contributed by atoms with Gasteiger partial charge in [0.15, 0.2) is 0 Å². The highest BCUT2D eigenvalue weighted by molar-refractivity contribution is 7.89. The maximum atomic E-state index is 12.3. The Morgan fingerprint density at radius 2 is 1.81 bits per heavy atom. The van der Waals surface area contributed by atoms with Crippen LogP contribution in [-0.2, 0) is 23.0 Å². The Bertz CT molecular complexity index is 876. The molecule has 6 heteroatoms. The fourth-order valence-corrected chi connectivity index (χ4v) is 4.84. The summed E-state index contributed by atoms with van der Waals surface area (Å²) in [7, 11) is -3.40. The first kappa shape index (κ1) is 17.5. The highest BCUT2D eigenvalue weighted by atomic mass is 32.2. The van der Waals surface area contributed by atoms with Crippen LogP contribution in [0.5, 0.6) is 0 Å². The lowest BCUT2D eigenvalue weighted by Crippen LogP contribution is -2.36. The van der Waals surface area contributed by atoms with Crippen LogP contribution in [0.4, 0.5) is 5.69 Å². The monoisotopic (exact) mass is 372 g/mol. The van der Waals surface area contributed by atoms with Crippen molar-refractivity contribution >= 4 is 15.7 Å². The molecule has 1 atom stereocenters. The number of nitrogens with one attached hydrogen (secondary N) is 1. The van der Waals surface area contributed by atoms with Gasteiger partial charge in [0.2, 0.25) is 10.0 Å². The first-order valence-corrected chi connectivity index (χ1v) is 10.6. The zero-order chi connectivity index (χ0) is 18.1. The molecular formula is C20H24N2O3S. The number of aliphatic hydroxyl groups excluding tert-OH is 1. The third-order valence-electron chi connectivity index (χ3n) is 5.08. The third kappa shape index (κ3) is 3.77. The van der Waals surface area contributed by atoms with E-state index in [1.807, 2.05) is 24.3 Å². The summed E-state index contributed by atoms with van der Waals surface area (Å²) in [6.45, 7) is 1.68. The second-order valence-electron chi connectivity index (χ2n) is 7.30. The van der Waals surface area contributed by atoms with Crippen LogP contribution in [0.2, 0.25) is 0 Å². The Hall–Kier alpha value is -1.89. The molecule has 1 unspecified atom stereocenters. The molecule has 0 amide bonds. The van der Waals surface area contributed by atoms with Gasteiger partial charge in [-0.1, -0.05) is 30.3 Å². The first-order chi connectivity index (χ1) is 12.5. The van der Waals surface area contributed by atoms with E-state index in [9.17, 15) is 13.5 Å². The van der Waals surface area contributed by atoms with Crippen molar-refractivity contribution in [1.82, 2.24) is 4.72 Å². The van der Waals surface area contributed by atoms with Crippen LogP contribution < -0.4 is 9.62 Å². The fourth-order valence-electron chi connectivity index (χ4n) is 3.53. The van der Waals surface area contributed by atoms with Gasteiger partial charge in [0, 0.05) is 37.3 Å². The fraction of sp³-hybridized carbons (Fsp3) is 0.400. The SMILES string of the molecule is O=S(=O)(NC1CC1)c1ccc(CN2CC(CO)Cc3ccccc32)cc1. The molecule has 1 saturated carbocycles. The summed E-state index contributed by atoms with van der Waals surface area (Å²) >= 11 is 0. The summed E-state index contributed by atoms with van der Waals surface area (Å²) in [6, 6.07) is 15.5. The van der Waals surface area contributed by atoms with E-state index in [0.29, 0.717) is 11.4 Å². The number of benzene rings is 2. The van der Waals surface area contributed by atoms with Crippen molar-refractivity contribution in [1.29, 1.82) is 0 Å². The number of aliphatic hydroxyl groups is 1. The van der Waals surface area contributed by atoms with Gasteiger partial charge in [-0.15, -0.1) is 0 Å². The van der Waals surface area contributed by atoms with Crippen molar-refractivity contribution in [2.75, 3.05) is 18.1 Å². The lowest BCUT2D eigenvalue weighted by atomic mass is 9.92. The van der Waals surface area contributed by atoms with Crippen LogP contribution in [0.25, 0.3) is 0 Å². The van der Waals surface area contributed by atoms with Crippen LogP contribution in [-0.4, -0.2) is 32.7 Å². The van der Waals surface area contributed by atoms with Gasteiger partial charge in [0.1, 0.15) is 0 Å². The minimum absolute atomic E-state index is 0.111. The highest BCUT2D eigenvalue weighted by Crippen LogP contribution is 2.31. The molecule has 1 heterocycles. The summed E-state index contributed by atoms with van der Waals surface area (Å²) in [6.07, 6.45) is 2.75. The smallest absolute Gasteiger partial charge is 0.240 e. The zero-order valence-corrected chi connectivity index (χ0v) is 15.5. The number of hydrogen-bond acceptors (Lipinski definition) is 4. The quantitative estimate of drug-likeness (QED) is 0.816. The Morgan fingerprint density at radius 1 is 1.08 bits per heavy atom. The maximum Gasteiger partial charge on any atom is 0.240 e. The number of rotatable bonds is 6. The predicted molar refractivity (Wildman–Crippen MR) is 102 cm³/mol. The van der Waals surface area contributed by atoms with Gasteiger partial charge >= 0.3 is 0 Å². The molecule has 2 aromatic rings. The van der Waals surface area contributed by atoms with Gasteiger partial charge in [-0.3, -0.25) is 0 Å². The zero-order valence-electron chi connectivity index (χ0n) is 14.6.